The van der Waals surface area contributed by atoms with E-state index in [0.29, 0.717) is 69.5 Å². The van der Waals surface area contributed by atoms with E-state index in [1.165, 1.54) is 14.2 Å². The normalized spacial score (nSPS) is 16.4. The van der Waals surface area contributed by atoms with E-state index in [2.05, 4.69) is 0 Å². The maximum Gasteiger partial charge on any atom is 0.337 e. The average Bonchev–Trinajstić information content (AvgIpc) is 3.76. The first kappa shape index (κ1) is 37.0. The molecule has 2 atom stereocenters. The summed E-state index contributed by atoms with van der Waals surface area (Å²) in [4.78, 5) is 51.6. The Bertz CT molecular complexity index is 2460. The highest BCUT2D eigenvalue weighted by Gasteiger charge is 2.36. The van der Waals surface area contributed by atoms with Gasteiger partial charge in [0.15, 0.2) is 23.0 Å². The molecule has 5 aromatic carbocycles. The summed E-state index contributed by atoms with van der Waals surface area (Å²) in [7, 11) is 4.41. The molecular formula is C45H40N4O8. The molecule has 2 amide bonds. The van der Waals surface area contributed by atoms with Crippen molar-refractivity contribution in [1.29, 1.82) is 0 Å². The molecule has 0 fully saturated rings. The number of amides is 2. The molecule has 0 spiro atoms. The van der Waals surface area contributed by atoms with E-state index in [1.54, 1.807) is 59.7 Å². The van der Waals surface area contributed by atoms with Crippen LogP contribution in [0.4, 0.5) is 22.7 Å². The third-order valence-electron chi connectivity index (χ3n) is 10.4. The number of aliphatic imine (C=N–C) groups is 2. The number of para-hydroxylation sites is 2. The SMILES string of the molecule is COC(=O)c1cc(COc2cc(N=C[C@@H]3Cc4ccccc4N3C=O)c(C)cc2OC)cc(COc2cc3c(cc2OC)C(=O)N2c4ccccc4CC2C=N3)c1. The summed E-state index contributed by atoms with van der Waals surface area (Å²) in [5, 5.41) is 0. The van der Waals surface area contributed by atoms with Crippen molar-refractivity contribution < 1.29 is 38.1 Å². The number of aryl methyl sites for hydroxylation is 1. The van der Waals surface area contributed by atoms with E-state index in [0.717, 1.165) is 34.5 Å². The second-order valence-corrected chi connectivity index (χ2v) is 14.0. The van der Waals surface area contributed by atoms with Crippen LogP contribution in [0.2, 0.25) is 0 Å². The summed E-state index contributed by atoms with van der Waals surface area (Å²) in [6, 6.07) is 27.6. The third-order valence-corrected chi connectivity index (χ3v) is 10.4. The van der Waals surface area contributed by atoms with Crippen molar-refractivity contribution in [3.8, 4) is 23.0 Å². The van der Waals surface area contributed by atoms with Crippen LogP contribution in [-0.4, -0.2) is 64.1 Å². The Labute approximate surface area is 329 Å². The fourth-order valence-corrected chi connectivity index (χ4v) is 7.60. The highest BCUT2D eigenvalue weighted by Crippen LogP contribution is 2.41. The van der Waals surface area contributed by atoms with Gasteiger partial charge < -0.3 is 28.6 Å². The van der Waals surface area contributed by atoms with Crippen molar-refractivity contribution in [2.24, 2.45) is 9.98 Å². The van der Waals surface area contributed by atoms with Gasteiger partial charge in [0.05, 0.1) is 55.9 Å². The van der Waals surface area contributed by atoms with Gasteiger partial charge >= 0.3 is 5.97 Å². The van der Waals surface area contributed by atoms with Gasteiger partial charge in [-0.25, -0.2) is 4.79 Å². The largest absolute Gasteiger partial charge is 0.493 e. The highest BCUT2D eigenvalue weighted by atomic mass is 16.5. The van der Waals surface area contributed by atoms with Gasteiger partial charge in [-0.1, -0.05) is 36.4 Å². The summed E-state index contributed by atoms with van der Waals surface area (Å²) in [6.45, 7) is 2.07. The standard InChI is InChI=1S/C45H40N4O8/c1-27-13-40(53-2)42(20-36(27)46-22-33-17-30-9-5-7-11-38(30)48(33)26-50)56-24-28-14-29(16-32(15-28)45(52)55-4)25-57-43-21-37-35(19-41(43)54-3)44(51)49-34(23-47-37)18-31-10-6-8-12-39(31)49/h5-16,19-23,26,33-34H,17-18,24-25H2,1-4H3/t33-,34?/m0/s1. The summed E-state index contributed by atoms with van der Waals surface area (Å²) in [6.07, 6.45) is 5.78. The van der Waals surface area contributed by atoms with Crippen molar-refractivity contribution in [3.05, 3.63) is 130 Å². The molecule has 0 radical (unpaired) electrons. The summed E-state index contributed by atoms with van der Waals surface area (Å²) in [5.41, 5.74) is 8.04. The summed E-state index contributed by atoms with van der Waals surface area (Å²) in [5.74, 6) is 1.05. The van der Waals surface area contributed by atoms with Crippen LogP contribution < -0.4 is 28.7 Å². The lowest BCUT2D eigenvalue weighted by atomic mass is 10.1. The number of rotatable bonds is 12. The number of esters is 1. The lowest BCUT2D eigenvalue weighted by Crippen LogP contribution is -2.37. The minimum Gasteiger partial charge on any atom is -0.493 e. The van der Waals surface area contributed by atoms with Gasteiger partial charge in [0, 0.05) is 48.8 Å². The molecule has 0 N–H and O–H groups in total. The van der Waals surface area contributed by atoms with Crippen LogP contribution in [-0.2, 0) is 35.6 Å². The lowest BCUT2D eigenvalue weighted by molar-refractivity contribution is -0.107. The van der Waals surface area contributed by atoms with Gasteiger partial charge in [-0.05, 0) is 77.2 Å². The molecule has 0 saturated carbocycles. The number of benzene rings is 5. The lowest BCUT2D eigenvalue weighted by Gasteiger charge is -2.22. The van der Waals surface area contributed by atoms with Gasteiger partial charge in [0.25, 0.3) is 5.91 Å². The Morgan fingerprint density at radius 3 is 2.14 bits per heavy atom. The molecule has 288 valence electrons. The third kappa shape index (κ3) is 7.17. The monoisotopic (exact) mass is 764 g/mol. The van der Waals surface area contributed by atoms with Gasteiger partial charge in [-0.3, -0.25) is 24.5 Å². The second-order valence-electron chi connectivity index (χ2n) is 14.0. The minimum absolute atomic E-state index is 0.0579. The molecule has 3 heterocycles. The maximum absolute atomic E-state index is 13.9. The van der Waals surface area contributed by atoms with Crippen molar-refractivity contribution in [2.45, 2.75) is 45.1 Å². The van der Waals surface area contributed by atoms with E-state index in [9.17, 15) is 14.4 Å². The van der Waals surface area contributed by atoms with Gasteiger partial charge in [-0.2, -0.15) is 0 Å². The summed E-state index contributed by atoms with van der Waals surface area (Å²) >= 11 is 0. The molecule has 12 nitrogen and oxygen atoms in total. The smallest absolute Gasteiger partial charge is 0.337 e. The fourth-order valence-electron chi connectivity index (χ4n) is 7.60. The first-order valence-corrected chi connectivity index (χ1v) is 18.5. The Morgan fingerprint density at radius 2 is 1.46 bits per heavy atom. The van der Waals surface area contributed by atoms with Crippen molar-refractivity contribution >= 4 is 53.5 Å². The van der Waals surface area contributed by atoms with Crippen LogP contribution in [0.3, 0.4) is 0 Å². The Hall–Kier alpha value is -6.95. The number of hydrogen-bond donors (Lipinski definition) is 0. The van der Waals surface area contributed by atoms with E-state index >= 15 is 0 Å². The molecule has 5 aromatic rings. The zero-order valence-electron chi connectivity index (χ0n) is 31.9. The number of hydrogen-bond acceptors (Lipinski definition) is 10. The van der Waals surface area contributed by atoms with E-state index < -0.39 is 5.97 Å². The van der Waals surface area contributed by atoms with Crippen LogP contribution in [0.15, 0.2) is 101 Å². The number of ether oxygens (including phenoxy) is 5. The van der Waals surface area contributed by atoms with Crippen molar-refractivity contribution in [3.63, 3.8) is 0 Å². The number of nitrogens with zero attached hydrogens (tertiary/aromatic N) is 4. The number of fused-ring (bicyclic) bond motifs is 5. The fraction of sp³-hybridized carbons (Fsp3) is 0.222. The quantitative estimate of drug-likeness (QED) is 0.0725. The van der Waals surface area contributed by atoms with Crippen LogP contribution in [0.5, 0.6) is 23.0 Å². The van der Waals surface area contributed by atoms with Crippen molar-refractivity contribution in [2.75, 3.05) is 31.1 Å². The minimum atomic E-state index is -0.515. The molecule has 12 heteroatoms. The Balaban J connectivity index is 1.01. The maximum atomic E-state index is 13.9. The van der Waals surface area contributed by atoms with Gasteiger partial charge in [0.1, 0.15) is 13.2 Å². The first-order valence-electron chi connectivity index (χ1n) is 18.5. The molecule has 3 aliphatic rings. The van der Waals surface area contributed by atoms with Crippen LogP contribution in [0.25, 0.3) is 0 Å². The molecule has 3 aliphatic heterocycles. The Morgan fingerprint density at radius 1 is 0.807 bits per heavy atom. The van der Waals surface area contributed by atoms with E-state index in [4.69, 9.17) is 33.7 Å². The zero-order chi connectivity index (χ0) is 39.6. The number of carbonyl (C=O) groups is 3. The second kappa shape index (κ2) is 15.7. The molecule has 8 rings (SSSR count). The van der Waals surface area contributed by atoms with Crippen LogP contribution in [0, 0.1) is 6.92 Å². The average molecular weight is 765 g/mol. The molecule has 1 unspecified atom stereocenters. The highest BCUT2D eigenvalue weighted by molar-refractivity contribution is 6.14. The van der Waals surface area contributed by atoms with E-state index in [-0.39, 0.29) is 31.2 Å². The summed E-state index contributed by atoms with van der Waals surface area (Å²) < 4.78 is 29.0. The number of methoxy groups -OCH3 is 3. The van der Waals surface area contributed by atoms with Gasteiger partial charge in [-0.15, -0.1) is 0 Å². The van der Waals surface area contributed by atoms with Gasteiger partial charge in [0.2, 0.25) is 6.41 Å². The molecule has 0 saturated heterocycles. The van der Waals surface area contributed by atoms with Crippen molar-refractivity contribution in [1.82, 2.24) is 0 Å². The van der Waals surface area contributed by atoms with Crippen LogP contribution >= 0.6 is 0 Å². The number of anilines is 2. The first-order chi connectivity index (χ1) is 27.8. The van der Waals surface area contributed by atoms with E-state index in [1.807, 2.05) is 67.6 Å². The molecular weight excluding hydrogens is 725 g/mol. The molecule has 0 aliphatic carbocycles. The topological polar surface area (TPSA) is 129 Å². The predicted octanol–water partition coefficient (Wildman–Crippen LogP) is 7.53. The van der Waals surface area contributed by atoms with Crippen LogP contribution in [0.1, 0.15) is 48.5 Å². The zero-order valence-corrected chi connectivity index (χ0v) is 31.9. The predicted molar refractivity (Wildman–Crippen MR) is 217 cm³/mol. The molecule has 57 heavy (non-hydrogen) atoms. The Kier molecular flexibility index (Phi) is 10.2. The molecule has 0 aromatic heterocycles. The molecule has 0 bridgehead atoms. The number of carbonyl (C=O) groups excluding carboxylic acids is 3.